The fourth-order valence-corrected chi connectivity index (χ4v) is 0.296. The molecule has 1 amide bonds. The predicted octanol–water partition coefficient (Wildman–Crippen LogP) is 1.46. The molecule has 48 valence electrons. The molecule has 0 radical (unpaired) electrons. The Morgan fingerprint density at radius 3 is 2.50 bits per heavy atom. The summed E-state index contributed by atoms with van der Waals surface area (Å²) in [5.74, 6) is 0. The van der Waals surface area contributed by atoms with E-state index in [0.717, 1.165) is 6.42 Å². The van der Waals surface area contributed by atoms with Crippen molar-refractivity contribution in [3.63, 3.8) is 0 Å². The maximum atomic E-state index is 11.4. The molecule has 0 aromatic heterocycles. The molecular formula is C5H10FNO. The van der Waals surface area contributed by atoms with Crippen molar-refractivity contribution in [3.8, 4) is 0 Å². The summed E-state index contributed by atoms with van der Waals surface area (Å²) < 4.78 is 11.4. The maximum absolute atomic E-state index is 11.4. The molecule has 0 saturated carbocycles. The highest BCUT2D eigenvalue weighted by Crippen LogP contribution is 1.87. The summed E-state index contributed by atoms with van der Waals surface area (Å²) >= 11 is 0. The van der Waals surface area contributed by atoms with Crippen LogP contribution >= 0.6 is 0 Å². The second kappa shape index (κ2) is 3.41. The van der Waals surface area contributed by atoms with Crippen molar-refractivity contribution < 1.29 is 9.18 Å². The van der Waals surface area contributed by atoms with Gasteiger partial charge in [-0.3, -0.25) is 0 Å². The Hall–Kier alpha value is -0.600. The van der Waals surface area contributed by atoms with E-state index in [9.17, 15) is 9.18 Å². The van der Waals surface area contributed by atoms with E-state index in [1.54, 1.807) is 6.92 Å². The predicted molar refractivity (Wildman–Crippen MR) is 29.4 cm³/mol. The fourth-order valence-electron chi connectivity index (χ4n) is 0.296. The third-order valence-electron chi connectivity index (χ3n) is 0.972. The van der Waals surface area contributed by atoms with Crippen molar-refractivity contribution >= 4 is 6.16 Å². The average Bonchev–Trinajstić information content (AvgIpc) is 1.65. The molecule has 0 aliphatic heterocycles. The summed E-state index contributed by atoms with van der Waals surface area (Å²) in [5, 5.41) is 2.09. The number of hydrogen-bond donors (Lipinski definition) is 1. The molecule has 0 rings (SSSR count). The molecular weight excluding hydrogens is 109 g/mol. The van der Waals surface area contributed by atoms with E-state index in [1.165, 1.54) is 0 Å². The smallest absolute Gasteiger partial charge is 0.326 e. The number of carbonyl (C=O) groups is 1. The van der Waals surface area contributed by atoms with Crippen LogP contribution in [0.4, 0.5) is 9.18 Å². The normalized spacial score (nSPS) is 12.9. The molecule has 0 fully saturated rings. The van der Waals surface area contributed by atoms with Crippen LogP contribution in [0.3, 0.4) is 0 Å². The van der Waals surface area contributed by atoms with Crippen molar-refractivity contribution in [1.82, 2.24) is 5.32 Å². The van der Waals surface area contributed by atoms with Gasteiger partial charge in [-0.15, -0.1) is 4.39 Å². The molecule has 0 heterocycles. The number of amides is 1. The van der Waals surface area contributed by atoms with E-state index in [0.29, 0.717) is 0 Å². The summed E-state index contributed by atoms with van der Waals surface area (Å²) in [5.41, 5.74) is 0. The van der Waals surface area contributed by atoms with Crippen LogP contribution in [0.5, 0.6) is 0 Å². The van der Waals surface area contributed by atoms with Gasteiger partial charge in [0.25, 0.3) is 0 Å². The third-order valence-corrected chi connectivity index (χ3v) is 0.972. The number of halogens is 1. The van der Waals surface area contributed by atoms with E-state index < -0.39 is 6.16 Å². The van der Waals surface area contributed by atoms with Crippen LogP contribution in [0.25, 0.3) is 0 Å². The summed E-state index contributed by atoms with van der Waals surface area (Å²) in [7, 11) is 0. The molecule has 0 spiro atoms. The standard InChI is InChI=1S/C5H10FNO/c1-3-4(2)7-5(6)8/h4H,3H2,1-2H3,(H,7,8). The number of nitrogens with one attached hydrogen (secondary N) is 1. The quantitative estimate of drug-likeness (QED) is 0.432. The minimum absolute atomic E-state index is 0.0486. The van der Waals surface area contributed by atoms with Gasteiger partial charge < -0.3 is 5.32 Å². The highest BCUT2D eigenvalue weighted by molar-refractivity contribution is 5.65. The highest BCUT2D eigenvalue weighted by atomic mass is 19.1. The average molecular weight is 119 g/mol. The van der Waals surface area contributed by atoms with Gasteiger partial charge in [-0.2, -0.15) is 0 Å². The zero-order chi connectivity index (χ0) is 6.57. The maximum Gasteiger partial charge on any atom is 0.397 e. The van der Waals surface area contributed by atoms with E-state index in [-0.39, 0.29) is 6.04 Å². The zero-order valence-electron chi connectivity index (χ0n) is 5.07. The lowest BCUT2D eigenvalue weighted by molar-refractivity contribution is 0.218. The van der Waals surface area contributed by atoms with Crippen LogP contribution in [0.15, 0.2) is 0 Å². The first-order valence-electron chi connectivity index (χ1n) is 2.62. The minimum Gasteiger partial charge on any atom is -0.326 e. The topological polar surface area (TPSA) is 29.1 Å². The first kappa shape index (κ1) is 7.40. The highest BCUT2D eigenvalue weighted by Gasteiger charge is 2.00. The van der Waals surface area contributed by atoms with Gasteiger partial charge in [0.15, 0.2) is 0 Å². The lowest BCUT2D eigenvalue weighted by Gasteiger charge is -2.04. The van der Waals surface area contributed by atoms with Crippen molar-refractivity contribution in [2.75, 3.05) is 0 Å². The van der Waals surface area contributed by atoms with Gasteiger partial charge in [-0.1, -0.05) is 6.92 Å². The Balaban J connectivity index is 3.24. The number of carbonyl (C=O) groups excluding carboxylic acids is 1. The Bertz CT molecular complexity index is 84.5. The third kappa shape index (κ3) is 3.59. The van der Waals surface area contributed by atoms with Crippen LogP contribution in [-0.4, -0.2) is 12.2 Å². The summed E-state index contributed by atoms with van der Waals surface area (Å²) in [4.78, 5) is 9.64. The molecule has 3 heteroatoms. The van der Waals surface area contributed by atoms with Crippen LogP contribution in [0.1, 0.15) is 20.3 Å². The van der Waals surface area contributed by atoms with Gasteiger partial charge in [0.1, 0.15) is 0 Å². The molecule has 0 aliphatic rings. The van der Waals surface area contributed by atoms with E-state index in [1.807, 2.05) is 6.92 Å². The minimum atomic E-state index is -1.45. The summed E-state index contributed by atoms with van der Waals surface area (Å²) in [6, 6.07) is -0.0486. The van der Waals surface area contributed by atoms with Gasteiger partial charge in [0.2, 0.25) is 0 Å². The van der Waals surface area contributed by atoms with Gasteiger partial charge in [-0.25, -0.2) is 4.79 Å². The van der Waals surface area contributed by atoms with Crippen molar-refractivity contribution in [3.05, 3.63) is 0 Å². The Kier molecular flexibility index (Phi) is 3.15. The van der Waals surface area contributed by atoms with E-state index in [4.69, 9.17) is 0 Å². The van der Waals surface area contributed by atoms with Crippen LogP contribution in [0, 0.1) is 0 Å². The number of rotatable bonds is 2. The number of hydrogen-bond acceptors (Lipinski definition) is 1. The Morgan fingerprint density at radius 1 is 1.88 bits per heavy atom. The second-order valence-corrected chi connectivity index (χ2v) is 1.73. The molecule has 0 aliphatic carbocycles. The largest absolute Gasteiger partial charge is 0.397 e. The lowest BCUT2D eigenvalue weighted by atomic mass is 10.3. The Labute approximate surface area is 48.1 Å². The lowest BCUT2D eigenvalue weighted by Crippen LogP contribution is -2.27. The van der Waals surface area contributed by atoms with E-state index >= 15 is 0 Å². The van der Waals surface area contributed by atoms with E-state index in [2.05, 4.69) is 5.32 Å². The molecule has 1 unspecified atom stereocenters. The van der Waals surface area contributed by atoms with Gasteiger partial charge in [-0.05, 0) is 13.3 Å². The monoisotopic (exact) mass is 119 g/mol. The molecule has 1 atom stereocenters. The molecule has 1 N–H and O–H groups in total. The molecule has 0 saturated heterocycles. The SMILES string of the molecule is CCC(C)NC(=O)F. The molecule has 2 nitrogen and oxygen atoms in total. The summed E-state index contributed by atoms with van der Waals surface area (Å²) in [6.45, 7) is 3.62. The molecule has 0 aromatic carbocycles. The van der Waals surface area contributed by atoms with Crippen LogP contribution in [0.2, 0.25) is 0 Å². The van der Waals surface area contributed by atoms with Crippen LogP contribution in [-0.2, 0) is 0 Å². The van der Waals surface area contributed by atoms with Crippen molar-refractivity contribution in [2.24, 2.45) is 0 Å². The first-order valence-corrected chi connectivity index (χ1v) is 2.62. The van der Waals surface area contributed by atoms with Crippen molar-refractivity contribution in [2.45, 2.75) is 26.3 Å². The molecule has 0 aromatic rings. The first-order chi connectivity index (χ1) is 3.66. The molecule has 8 heavy (non-hydrogen) atoms. The second-order valence-electron chi connectivity index (χ2n) is 1.73. The van der Waals surface area contributed by atoms with Crippen LogP contribution < -0.4 is 5.32 Å². The fraction of sp³-hybridized carbons (Fsp3) is 0.800. The van der Waals surface area contributed by atoms with Gasteiger partial charge in [0, 0.05) is 6.04 Å². The van der Waals surface area contributed by atoms with Crippen molar-refractivity contribution in [1.29, 1.82) is 0 Å². The summed E-state index contributed by atoms with van der Waals surface area (Å²) in [6.07, 6.45) is -0.685. The van der Waals surface area contributed by atoms with Gasteiger partial charge >= 0.3 is 6.16 Å². The zero-order valence-corrected chi connectivity index (χ0v) is 5.07. The van der Waals surface area contributed by atoms with Gasteiger partial charge in [0.05, 0.1) is 0 Å². The molecule has 0 bridgehead atoms. The Morgan fingerprint density at radius 2 is 2.38 bits per heavy atom.